The first kappa shape index (κ1) is 9.24. The zero-order chi connectivity index (χ0) is 10.1. The molecule has 4 heteroatoms. The molecule has 1 aromatic heterocycles. The Morgan fingerprint density at radius 2 is 2.50 bits per heavy atom. The van der Waals surface area contributed by atoms with Crippen LogP contribution in [-0.4, -0.2) is 21.3 Å². The van der Waals surface area contributed by atoms with Gasteiger partial charge < -0.3 is 5.11 Å². The van der Waals surface area contributed by atoms with Crippen LogP contribution < -0.4 is 0 Å². The van der Waals surface area contributed by atoms with Crippen molar-refractivity contribution in [3.63, 3.8) is 0 Å². The van der Waals surface area contributed by atoms with Crippen molar-refractivity contribution in [2.45, 2.75) is 32.1 Å². The largest absolute Gasteiger partial charge is 0.478 e. The van der Waals surface area contributed by atoms with E-state index in [4.69, 9.17) is 5.11 Å². The Labute approximate surface area is 82.3 Å². The summed E-state index contributed by atoms with van der Waals surface area (Å²) in [7, 11) is 0. The highest BCUT2D eigenvalue weighted by Gasteiger charge is 2.26. The van der Waals surface area contributed by atoms with E-state index in [2.05, 4.69) is 17.1 Å². The van der Waals surface area contributed by atoms with Gasteiger partial charge in [-0.25, -0.2) is 4.79 Å². The SMILES string of the molecule is CC(CC1CC1)c1[nH]ncc1C(=O)O. The summed E-state index contributed by atoms with van der Waals surface area (Å²) >= 11 is 0. The van der Waals surface area contributed by atoms with Crippen molar-refractivity contribution in [2.24, 2.45) is 5.92 Å². The van der Waals surface area contributed by atoms with Crippen LogP contribution in [0.15, 0.2) is 6.20 Å². The van der Waals surface area contributed by atoms with Gasteiger partial charge in [-0.15, -0.1) is 0 Å². The molecule has 14 heavy (non-hydrogen) atoms. The third kappa shape index (κ3) is 1.78. The maximum absolute atomic E-state index is 10.8. The lowest BCUT2D eigenvalue weighted by atomic mass is 9.98. The number of hydrogen-bond donors (Lipinski definition) is 2. The summed E-state index contributed by atoms with van der Waals surface area (Å²) < 4.78 is 0. The van der Waals surface area contributed by atoms with Crippen molar-refractivity contribution in [3.8, 4) is 0 Å². The average Bonchev–Trinajstić information content (AvgIpc) is 2.81. The van der Waals surface area contributed by atoms with Gasteiger partial charge >= 0.3 is 5.97 Å². The molecule has 0 radical (unpaired) electrons. The van der Waals surface area contributed by atoms with Crippen LogP contribution in [0.5, 0.6) is 0 Å². The Balaban J connectivity index is 2.12. The summed E-state index contributed by atoms with van der Waals surface area (Å²) in [6.45, 7) is 2.05. The van der Waals surface area contributed by atoms with E-state index in [0.29, 0.717) is 5.56 Å². The molecule has 1 fully saturated rings. The smallest absolute Gasteiger partial charge is 0.339 e. The Hall–Kier alpha value is -1.32. The van der Waals surface area contributed by atoms with Crippen LogP contribution in [0.25, 0.3) is 0 Å². The van der Waals surface area contributed by atoms with Gasteiger partial charge in [0.2, 0.25) is 0 Å². The fourth-order valence-corrected chi connectivity index (χ4v) is 1.81. The molecule has 76 valence electrons. The van der Waals surface area contributed by atoms with E-state index in [1.807, 2.05) is 0 Å². The number of H-pyrrole nitrogens is 1. The van der Waals surface area contributed by atoms with Gasteiger partial charge in [0.1, 0.15) is 5.56 Å². The third-order valence-electron chi connectivity index (χ3n) is 2.78. The van der Waals surface area contributed by atoms with E-state index >= 15 is 0 Å². The van der Waals surface area contributed by atoms with Gasteiger partial charge in [-0.05, 0) is 18.3 Å². The second-order valence-electron chi connectivity index (χ2n) is 4.08. The fourth-order valence-electron chi connectivity index (χ4n) is 1.81. The maximum Gasteiger partial charge on any atom is 0.339 e. The number of aromatic carboxylic acids is 1. The fraction of sp³-hybridized carbons (Fsp3) is 0.600. The van der Waals surface area contributed by atoms with Gasteiger partial charge in [-0.1, -0.05) is 19.8 Å². The van der Waals surface area contributed by atoms with Crippen LogP contribution in [-0.2, 0) is 0 Å². The lowest BCUT2D eigenvalue weighted by Gasteiger charge is -2.08. The zero-order valence-corrected chi connectivity index (χ0v) is 8.16. The van der Waals surface area contributed by atoms with Crippen LogP contribution in [0, 0.1) is 5.92 Å². The van der Waals surface area contributed by atoms with E-state index in [0.717, 1.165) is 18.0 Å². The molecule has 1 atom stereocenters. The minimum atomic E-state index is -0.892. The quantitative estimate of drug-likeness (QED) is 0.770. The number of carboxylic acids is 1. The Bertz CT molecular complexity index is 342. The summed E-state index contributed by atoms with van der Waals surface area (Å²) in [5.74, 6) is 0.183. The molecule has 2 N–H and O–H groups in total. The lowest BCUT2D eigenvalue weighted by molar-refractivity contribution is 0.0695. The molecule has 4 nitrogen and oxygen atoms in total. The van der Waals surface area contributed by atoms with Crippen LogP contribution >= 0.6 is 0 Å². The number of aromatic amines is 1. The number of carboxylic acid groups (broad SMARTS) is 1. The van der Waals surface area contributed by atoms with Crippen molar-refractivity contribution >= 4 is 5.97 Å². The second-order valence-corrected chi connectivity index (χ2v) is 4.08. The molecule has 1 aliphatic carbocycles. The van der Waals surface area contributed by atoms with Gasteiger partial charge in [0.05, 0.1) is 11.9 Å². The van der Waals surface area contributed by atoms with Gasteiger partial charge in [0.25, 0.3) is 0 Å². The highest BCUT2D eigenvalue weighted by atomic mass is 16.4. The molecule has 0 bridgehead atoms. The second kappa shape index (κ2) is 3.44. The van der Waals surface area contributed by atoms with Crippen molar-refractivity contribution in [1.29, 1.82) is 0 Å². The molecular weight excluding hydrogens is 180 g/mol. The number of rotatable bonds is 4. The Kier molecular flexibility index (Phi) is 2.27. The van der Waals surface area contributed by atoms with Crippen LogP contribution in [0.4, 0.5) is 0 Å². The molecule has 1 aliphatic rings. The first-order valence-corrected chi connectivity index (χ1v) is 4.95. The van der Waals surface area contributed by atoms with Crippen LogP contribution in [0.3, 0.4) is 0 Å². The molecule has 1 unspecified atom stereocenters. The molecule has 0 spiro atoms. The van der Waals surface area contributed by atoms with E-state index in [-0.39, 0.29) is 5.92 Å². The normalized spacial score (nSPS) is 18.1. The minimum absolute atomic E-state index is 0.274. The summed E-state index contributed by atoms with van der Waals surface area (Å²) in [6.07, 6.45) is 5.05. The molecule has 2 rings (SSSR count). The maximum atomic E-state index is 10.8. The monoisotopic (exact) mass is 194 g/mol. The first-order chi connectivity index (χ1) is 6.68. The van der Waals surface area contributed by atoms with E-state index in [9.17, 15) is 4.79 Å². The van der Waals surface area contributed by atoms with E-state index in [1.165, 1.54) is 19.0 Å². The highest BCUT2D eigenvalue weighted by molar-refractivity contribution is 5.88. The predicted molar refractivity (Wildman–Crippen MR) is 51.3 cm³/mol. The molecule has 0 aliphatic heterocycles. The molecule has 1 saturated carbocycles. The Morgan fingerprint density at radius 1 is 1.79 bits per heavy atom. The molecule has 1 aromatic rings. The van der Waals surface area contributed by atoms with E-state index in [1.54, 1.807) is 0 Å². The van der Waals surface area contributed by atoms with Crippen molar-refractivity contribution in [2.75, 3.05) is 0 Å². The molecular formula is C10H14N2O2. The number of aromatic nitrogens is 2. The number of nitrogens with one attached hydrogen (secondary N) is 1. The number of nitrogens with zero attached hydrogens (tertiary/aromatic N) is 1. The minimum Gasteiger partial charge on any atom is -0.478 e. The van der Waals surface area contributed by atoms with Gasteiger partial charge in [0, 0.05) is 0 Å². The standard InChI is InChI=1S/C10H14N2O2/c1-6(4-7-2-3-7)9-8(10(13)14)5-11-12-9/h5-7H,2-4H2,1H3,(H,11,12)(H,13,14). The number of carbonyl (C=O) groups is 1. The third-order valence-corrected chi connectivity index (χ3v) is 2.78. The number of hydrogen-bond acceptors (Lipinski definition) is 2. The van der Waals surface area contributed by atoms with Crippen molar-refractivity contribution in [3.05, 3.63) is 17.5 Å². The summed E-state index contributed by atoms with van der Waals surface area (Å²) in [4.78, 5) is 10.8. The Morgan fingerprint density at radius 3 is 3.07 bits per heavy atom. The highest BCUT2D eigenvalue weighted by Crippen LogP contribution is 2.38. The summed E-state index contributed by atoms with van der Waals surface area (Å²) in [6, 6.07) is 0. The lowest BCUT2D eigenvalue weighted by Crippen LogP contribution is -2.04. The molecule has 0 amide bonds. The summed E-state index contributed by atoms with van der Waals surface area (Å²) in [5.41, 5.74) is 1.09. The molecule has 0 saturated heterocycles. The zero-order valence-electron chi connectivity index (χ0n) is 8.16. The van der Waals surface area contributed by atoms with Crippen molar-refractivity contribution < 1.29 is 9.90 Å². The van der Waals surface area contributed by atoms with E-state index < -0.39 is 5.97 Å². The average molecular weight is 194 g/mol. The van der Waals surface area contributed by atoms with Gasteiger partial charge in [-0.3, -0.25) is 5.10 Å². The van der Waals surface area contributed by atoms with Crippen LogP contribution in [0.1, 0.15) is 48.2 Å². The molecule has 0 aromatic carbocycles. The van der Waals surface area contributed by atoms with Crippen LogP contribution in [0.2, 0.25) is 0 Å². The first-order valence-electron chi connectivity index (χ1n) is 4.95. The van der Waals surface area contributed by atoms with Gasteiger partial charge in [0.15, 0.2) is 0 Å². The van der Waals surface area contributed by atoms with Gasteiger partial charge in [-0.2, -0.15) is 5.10 Å². The predicted octanol–water partition coefficient (Wildman–Crippen LogP) is 2.01. The van der Waals surface area contributed by atoms with Crippen molar-refractivity contribution in [1.82, 2.24) is 10.2 Å². The summed E-state index contributed by atoms with van der Waals surface area (Å²) in [5, 5.41) is 15.5. The molecule has 1 heterocycles. The topological polar surface area (TPSA) is 66.0 Å².